The van der Waals surface area contributed by atoms with Crippen LogP contribution in [0.1, 0.15) is 11.5 Å². The van der Waals surface area contributed by atoms with Crippen LogP contribution < -0.4 is 5.73 Å². The van der Waals surface area contributed by atoms with Crippen LogP contribution in [0.4, 0.5) is 5.69 Å². The predicted octanol–water partition coefficient (Wildman–Crippen LogP) is 1.58. The number of aryl methyl sites for hydroxylation is 1. The van der Waals surface area contributed by atoms with E-state index >= 15 is 0 Å². The van der Waals surface area contributed by atoms with Crippen LogP contribution in [-0.2, 0) is 0 Å². The van der Waals surface area contributed by atoms with Crippen molar-refractivity contribution in [2.24, 2.45) is 0 Å². The highest BCUT2D eigenvalue weighted by atomic mass is 15.3. The van der Waals surface area contributed by atoms with Gasteiger partial charge in [-0.05, 0) is 31.2 Å². The summed E-state index contributed by atoms with van der Waals surface area (Å²) in [5.74, 6) is 0.131. The molecule has 2 aromatic heterocycles. The summed E-state index contributed by atoms with van der Waals surface area (Å²) in [4.78, 5) is 8.36. The predicted molar refractivity (Wildman–Crippen MR) is 70.5 cm³/mol. The van der Waals surface area contributed by atoms with Crippen LogP contribution in [0, 0.1) is 18.3 Å². The SMILES string of the molecule is Cc1cc(-n2cnc(C#N)n2)c2cc(N)ccc2n1. The highest BCUT2D eigenvalue weighted by molar-refractivity contribution is 5.89. The van der Waals surface area contributed by atoms with Crippen molar-refractivity contribution in [3.05, 3.63) is 42.1 Å². The molecule has 0 saturated carbocycles. The lowest BCUT2D eigenvalue weighted by atomic mass is 10.1. The molecular formula is C13H10N6. The van der Waals surface area contributed by atoms with E-state index in [1.165, 1.54) is 6.33 Å². The summed E-state index contributed by atoms with van der Waals surface area (Å²) in [6.45, 7) is 1.90. The van der Waals surface area contributed by atoms with Crippen molar-refractivity contribution in [1.82, 2.24) is 19.7 Å². The molecule has 0 aliphatic carbocycles. The molecule has 0 bridgehead atoms. The maximum Gasteiger partial charge on any atom is 0.252 e. The second kappa shape index (κ2) is 4.07. The normalized spacial score (nSPS) is 10.5. The van der Waals surface area contributed by atoms with Crippen molar-refractivity contribution in [3.8, 4) is 11.8 Å². The number of aromatic nitrogens is 4. The Kier molecular flexibility index (Phi) is 2.39. The number of pyridine rings is 1. The molecule has 0 fully saturated rings. The van der Waals surface area contributed by atoms with Gasteiger partial charge in [-0.3, -0.25) is 4.98 Å². The summed E-state index contributed by atoms with van der Waals surface area (Å²) in [5, 5.41) is 13.8. The van der Waals surface area contributed by atoms with Crippen LogP contribution in [-0.4, -0.2) is 19.7 Å². The molecule has 0 amide bonds. The third-order valence-corrected chi connectivity index (χ3v) is 2.78. The number of hydrogen-bond acceptors (Lipinski definition) is 5. The summed E-state index contributed by atoms with van der Waals surface area (Å²) in [6.07, 6.45) is 1.51. The lowest BCUT2D eigenvalue weighted by Gasteiger charge is -2.07. The molecular weight excluding hydrogens is 240 g/mol. The fourth-order valence-corrected chi connectivity index (χ4v) is 1.97. The third-order valence-electron chi connectivity index (χ3n) is 2.78. The third kappa shape index (κ3) is 1.87. The number of hydrogen-bond donors (Lipinski definition) is 1. The van der Waals surface area contributed by atoms with Crippen LogP contribution in [0.3, 0.4) is 0 Å². The Morgan fingerprint density at radius 1 is 1.32 bits per heavy atom. The highest BCUT2D eigenvalue weighted by Crippen LogP contribution is 2.23. The highest BCUT2D eigenvalue weighted by Gasteiger charge is 2.09. The molecule has 6 nitrogen and oxygen atoms in total. The zero-order valence-electron chi connectivity index (χ0n) is 10.2. The van der Waals surface area contributed by atoms with E-state index in [9.17, 15) is 0 Å². The Morgan fingerprint density at radius 3 is 2.89 bits per heavy atom. The van der Waals surface area contributed by atoms with Crippen molar-refractivity contribution >= 4 is 16.6 Å². The largest absolute Gasteiger partial charge is 0.399 e. The number of nitrogens with two attached hydrogens (primary N) is 1. The minimum Gasteiger partial charge on any atom is -0.399 e. The van der Waals surface area contributed by atoms with E-state index in [0.717, 1.165) is 22.3 Å². The van der Waals surface area contributed by atoms with E-state index in [1.807, 2.05) is 31.2 Å². The van der Waals surface area contributed by atoms with Gasteiger partial charge in [0.2, 0.25) is 0 Å². The maximum absolute atomic E-state index is 8.79. The number of nitriles is 1. The Balaban J connectivity index is 2.33. The van der Waals surface area contributed by atoms with Crippen LogP contribution in [0.25, 0.3) is 16.6 Å². The summed E-state index contributed by atoms with van der Waals surface area (Å²) in [7, 11) is 0. The molecule has 6 heteroatoms. The van der Waals surface area contributed by atoms with Crippen molar-refractivity contribution in [2.45, 2.75) is 6.92 Å². The van der Waals surface area contributed by atoms with Crippen molar-refractivity contribution in [1.29, 1.82) is 5.26 Å². The Morgan fingerprint density at radius 2 is 2.16 bits per heavy atom. The summed E-state index contributed by atoms with van der Waals surface area (Å²) < 4.78 is 1.56. The summed E-state index contributed by atoms with van der Waals surface area (Å²) in [5.41, 5.74) is 8.97. The van der Waals surface area contributed by atoms with Crippen molar-refractivity contribution in [3.63, 3.8) is 0 Å². The molecule has 1 aromatic carbocycles. The maximum atomic E-state index is 8.79. The molecule has 0 atom stereocenters. The Hall–Kier alpha value is -2.94. The first-order chi connectivity index (χ1) is 9.17. The standard InChI is InChI=1S/C13H10N6/c1-8-4-12(19-7-16-13(6-14)18-19)10-5-9(15)2-3-11(10)17-8/h2-5,7H,15H2,1H3. The molecule has 2 heterocycles. The van der Waals surface area contributed by atoms with Crippen LogP contribution in [0.2, 0.25) is 0 Å². The lowest BCUT2D eigenvalue weighted by molar-refractivity contribution is 0.876. The fraction of sp³-hybridized carbons (Fsp3) is 0.0769. The Bertz CT molecular complexity index is 812. The van der Waals surface area contributed by atoms with Gasteiger partial charge in [0.25, 0.3) is 5.82 Å². The van der Waals surface area contributed by atoms with Gasteiger partial charge in [-0.1, -0.05) is 0 Å². The molecule has 0 aliphatic rings. The van der Waals surface area contributed by atoms with Gasteiger partial charge < -0.3 is 5.73 Å². The average molecular weight is 250 g/mol. The molecule has 0 radical (unpaired) electrons. The van der Waals surface area contributed by atoms with Crippen LogP contribution >= 0.6 is 0 Å². The number of anilines is 1. The number of rotatable bonds is 1. The first-order valence-corrected chi connectivity index (χ1v) is 5.66. The molecule has 0 unspecified atom stereocenters. The lowest BCUT2D eigenvalue weighted by Crippen LogP contribution is -1.99. The quantitative estimate of drug-likeness (QED) is 0.662. The summed E-state index contributed by atoms with van der Waals surface area (Å²) >= 11 is 0. The smallest absolute Gasteiger partial charge is 0.252 e. The second-order valence-corrected chi connectivity index (χ2v) is 4.18. The number of nitrogens with zero attached hydrogens (tertiary/aromatic N) is 5. The zero-order chi connectivity index (χ0) is 13.4. The molecule has 19 heavy (non-hydrogen) atoms. The van der Waals surface area contributed by atoms with Gasteiger partial charge in [0.1, 0.15) is 12.4 Å². The van der Waals surface area contributed by atoms with Gasteiger partial charge in [0, 0.05) is 16.8 Å². The van der Waals surface area contributed by atoms with Gasteiger partial charge >= 0.3 is 0 Å². The topological polar surface area (TPSA) is 93.4 Å². The monoisotopic (exact) mass is 250 g/mol. The van der Waals surface area contributed by atoms with Crippen LogP contribution in [0.15, 0.2) is 30.6 Å². The van der Waals surface area contributed by atoms with E-state index in [4.69, 9.17) is 11.0 Å². The first kappa shape index (κ1) is 11.2. The zero-order valence-corrected chi connectivity index (χ0v) is 10.2. The van der Waals surface area contributed by atoms with E-state index in [-0.39, 0.29) is 5.82 Å². The van der Waals surface area contributed by atoms with E-state index in [2.05, 4.69) is 15.1 Å². The molecule has 3 rings (SSSR count). The molecule has 2 N–H and O–H groups in total. The molecule has 0 saturated heterocycles. The molecule has 0 aliphatic heterocycles. The van der Waals surface area contributed by atoms with E-state index in [1.54, 1.807) is 10.7 Å². The van der Waals surface area contributed by atoms with Gasteiger partial charge in [-0.15, -0.1) is 5.10 Å². The van der Waals surface area contributed by atoms with Gasteiger partial charge in [-0.25, -0.2) is 9.67 Å². The van der Waals surface area contributed by atoms with E-state index in [0.29, 0.717) is 5.69 Å². The van der Waals surface area contributed by atoms with Gasteiger partial charge in [0.15, 0.2) is 0 Å². The van der Waals surface area contributed by atoms with Gasteiger partial charge in [0.05, 0.1) is 11.2 Å². The minimum atomic E-state index is 0.131. The molecule has 0 spiro atoms. The van der Waals surface area contributed by atoms with Crippen molar-refractivity contribution in [2.75, 3.05) is 5.73 Å². The van der Waals surface area contributed by atoms with Crippen LogP contribution in [0.5, 0.6) is 0 Å². The number of benzene rings is 1. The van der Waals surface area contributed by atoms with Crippen molar-refractivity contribution < 1.29 is 0 Å². The number of nitrogen functional groups attached to an aromatic ring is 1. The summed E-state index contributed by atoms with van der Waals surface area (Å²) in [6, 6.07) is 9.30. The van der Waals surface area contributed by atoms with E-state index < -0.39 is 0 Å². The minimum absolute atomic E-state index is 0.131. The molecule has 92 valence electrons. The van der Waals surface area contributed by atoms with Gasteiger partial charge in [-0.2, -0.15) is 5.26 Å². The fourth-order valence-electron chi connectivity index (χ4n) is 1.97. The first-order valence-electron chi connectivity index (χ1n) is 5.66. The molecule has 3 aromatic rings. The number of fused-ring (bicyclic) bond motifs is 1. The Labute approximate surface area is 109 Å². The average Bonchev–Trinajstić information content (AvgIpc) is 2.87. The second-order valence-electron chi connectivity index (χ2n) is 4.18.